The van der Waals surface area contributed by atoms with Gasteiger partial charge in [0.25, 0.3) is 5.91 Å². The van der Waals surface area contributed by atoms with Gasteiger partial charge in [0, 0.05) is 0 Å². The van der Waals surface area contributed by atoms with E-state index in [-0.39, 0.29) is 24.2 Å². The molecular weight excluding hydrogens is 416 g/mol. The van der Waals surface area contributed by atoms with E-state index in [0.29, 0.717) is 17.4 Å². The third-order valence-electron chi connectivity index (χ3n) is 5.27. The van der Waals surface area contributed by atoms with Crippen LogP contribution in [0.2, 0.25) is 0 Å². The highest BCUT2D eigenvalue weighted by molar-refractivity contribution is 7.92. The Balaban J connectivity index is 1.84. The van der Waals surface area contributed by atoms with Gasteiger partial charge in [0.15, 0.2) is 6.10 Å². The van der Waals surface area contributed by atoms with Gasteiger partial charge < -0.3 is 14.8 Å². The number of nitrogens with zero attached hydrogens (tertiary/aromatic N) is 1. The summed E-state index contributed by atoms with van der Waals surface area (Å²) in [4.78, 5) is 13.2. The molecule has 168 valence electrons. The summed E-state index contributed by atoms with van der Waals surface area (Å²) < 4.78 is 37.7. The fourth-order valence-corrected chi connectivity index (χ4v) is 4.73. The Morgan fingerprint density at radius 1 is 1.19 bits per heavy atom. The zero-order chi connectivity index (χ0) is 22.6. The highest BCUT2D eigenvalue weighted by Crippen LogP contribution is 2.35. The molecule has 1 aliphatic heterocycles. The second-order valence-electron chi connectivity index (χ2n) is 7.97. The summed E-state index contributed by atoms with van der Waals surface area (Å²) in [5.74, 6) is 1.07. The molecular formula is C23H30N2O5S. The highest BCUT2D eigenvalue weighted by Gasteiger charge is 2.36. The van der Waals surface area contributed by atoms with Gasteiger partial charge in [-0.25, -0.2) is 8.42 Å². The Morgan fingerprint density at radius 3 is 2.48 bits per heavy atom. The van der Waals surface area contributed by atoms with E-state index in [2.05, 4.69) is 19.2 Å². The first kappa shape index (κ1) is 22.9. The molecule has 0 saturated heterocycles. The summed E-state index contributed by atoms with van der Waals surface area (Å²) in [7, 11) is -1.94. The molecule has 7 nitrogen and oxygen atoms in total. The molecule has 2 aromatic rings. The Morgan fingerprint density at radius 2 is 1.87 bits per heavy atom. The zero-order valence-corrected chi connectivity index (χ0v) is 19.2. The number of ether oxygens (including phenoxy) is 2. The topological polar surface area (TPSA) is 84.9 Å². The van der Waals surface area contributed by atoms with Gasteiger partial charge in [-0.1, -0.05) is 38.1 Å². The predicted molar refractivity (Wildman–Crippen MR) is 121 cm³/mol. The molecule has 2 atom stereocenters. The van der Waals surface area contributed by atoms with Crippen LogP contribution in [-0.4, -0.2) is 39.8 Å². The fraction of sp³-hybridized carbons (Fsp3) is 0.435. The number of fused-ring (bicyclic) bond motifs is 1. The van der Waals surface area contributed by atoms with E-state index in [0.717, 1.165) is 17.7 Å². The van der Waals surface area contributed by atoms with Crippen LogP contribution >= 0.6 is 0 Å². The summed E-state index contributed by atoms with van der Waals surface area (Å²) in [5, 5.41) is 3.07. The molecule has 31 heavy (non-hydrogen) atoms. The minimum absolute atomic E-state index is 0.0580. The van der Waals surface area contributed by atoms with Crippen molar-refractivity contribution in [2.45, 2.75) is 39.3 Å². The van der Waals surface area contributed by atoms with Crippen LogP contribution in [0.4, 0.5) is 5.69 Å². The maximum absolute atomic E-state index is 13.2. The molecule has 8 heteroatoms. The van der Waals surface area contributed by atoms with Gasteiger partial charge >= 0.3 is 0 Å². The molecule has 1 aliphatic rings. The number of benzene rings is 2. The van der Waals surface area contributed by atoms with Crippen molar-refractivity contribution in [1.82, 2.24) is 5.32 Å². The van der Waals surface area contributed by atoms with Crippen molar-refractivity contribution in [2.24, 2.45) is 5.92 Å². The molecule has 0 saturated carbocycles. The third kappa shape index (κ3) is 5.31. The Labute approximate surface area is 184 Å². The zero-order valence-electron chi connectivity index (χ0n) is 18.4. The van der Waals surface area contributed by atoms with Crippen LogP contribution in [0.25, 0.3) is 0 Å². The van der Waals surface area contributed by atoms with Crippen LogP contribution in [-0.2, 0) is 14.8 Å². The maximum Gasteiger partial charge on any atom is 0.263 e. The molecule has 0 radical (unpaired) electrons. The van der Waals surface area contributed by atoms with Crippen molar-refractivity contribution in [3.8, 4) is 11.5 Å². The molecule has 2 aromatic carbocycles. The van der Waals surface area contributed by atoms with Gasteiger partial charge in [-0.2, -0.15) is 0 Å². The van der Waals surface area contributed by atoms with Crippen LogP contribution in [0.5, 0.6) is 11.5 Å². The summed E-state index contributed by atoms with van der Waals surface area (Å²) in [5.41, 5.74) is 1.42. The van der Waals surface area contributed by atoms with Crippen molar-refractivity contribution >= 4 is 21.6 Å². The SMILES string of the molecule is CCS(=O)(=O)N1CC(C(=O)NC(CC(C)C)c2ccc(OC)cc2)Oc2ccccc21. The molecule has 0 aliphatic carbocycles. The lowest BCUT2D eigenvalue weighted by Gasteiger charge is -2.35. The Hall–Kier alpha value is -2.74. The van der Waals surface area contributed by atoms with Crippen LogP contribution in [0.3, 0.4) is 0 Å². The monoisotopic (exact) mass is 446 g/mol. The second-order valence-corrected chi connectivity index (χ2v) is 10.2. The number of carbonyl (C=O) groups is 1. The summed E-state index contributed by atoms with van der Waals surface area (Å²) in [6.45, 7) is 5.71. The predicted octanol–water partition coefficient (Wildman–Crippen LogP) is 3.52. The number of hydrogen-bond donors (Lipinski definition) is 1. The third-order valence-corrected chi connectivity index (χ3v) is 7.02. The smallest absolute Gasteiger partial charge is 0.263 e. The Bertz CT molecular complexity index is 1000. The molecule has 1 N–H and O–H groups in total. The minimum Gasteiger partial charge on any atom is -0.497 e. The summed E-state index contributed by atoms with van der Waals surface area (Å²) >= 11 is 0. The van der Waals surface area contributed by atoms with Crippen molar-refractivity contribution < 1.29 is 22.7 Å². The Kier molecular flexibility index (Phi) is 7.10. The lowest BCUT2D eigenvalue weighted by Crippen LogP contribution is -2.51. The number of para-hydroxylation sites is 2. The van der Waals surface area contributed by atoms with E-state index in [1.807, 2.05) is 24.3 Å². The van der Waals surface area contributed by atoms with Gasteiger partial charge in [-0.05, 0) is 49.1 Å². The first-order valence-electron chi connectivity index (χ1n) is 10.5. The lowest BCUT2D eigenvalue weighted by molar-refractivity contribution is -0.128. The fourth-order valence-electron chi connectivity index (χ4n) is 3.61. The number of rotatable bonds is 8. The van der Waals surface area contributed by atoms with Crippen LogP contribution < -0.4 is 19.1 Å². The van der Waals surface area contributed by atoms with E-state index in [1.54, 1.807) is 38.3 Å². The van der Waals surface area contributed by atoms with Crippen molar-refractivity contribution in [2.75, 3.05) is 23.7 Å². The van der Waals surface area contributed by atoms with Crippen molar-refractivity contribution in [3.63, 3.8) is 0 Å². The molecule has 2 unspecified atom stereocenters. The van der Waals surface area contributed by atoms with Gasteiger partial charge in [-0.3, -0.25) is 9.10 Å². The van der Waals surface area contributed by atoms with Crippen LogP contribution in [0, 0.1) is 5.92 Å². The number of methoxy groups -OCH3 is 1. The number of hydrogen-bond acceptors (Lipinski definition) is 5. The second kappa shape index (κ2) is 9.60. The van der Waals surface area contributed by atoms with Crippen LogP contribution in [0.15, 0.2) is 48.5 Å². The lowest BCUT2D eigenvalue weighted by atomic mass is 9.96. The maximum atomic E-state index is 13.2. The first-order chi connectivity index (χ1) is 14.7. The van der Waals surface area contributed by atoms with E-state index < -0.39 is 16.1 Å². The average molecular weight is 447 g/mol. The van der Waals surface area contributed by atoms with Gasteiger partial charge in [0.1, 0.15) is 11.5 Å². The number of sulfonamides is 1. The molecule has 0 fully saturated rings. The average Bonchev–Trinajstić information content (AvgIpc) is 2.77. The first-order valence-corrected chi connectivity index (χ1v) is 12.1. The number of amides is 1. The largest absolute Gasteiger partial charge is 0.497 e. The normalized spacial score (nSPS) is 16.9. The quantitative estimate of drug-likeness (QED) is 0.671. The molecule has 1 amide bonds. The van der Waals surface area contributed by atoms with Crippen LogP contribution in [0.1, 0.15) is 38.8 Å². The number of nitrogens with one attached hydrogen (secondary N) is 1. The van der Waals surface area contributed by atoms with Crippen molar-refractivity contribution in [1.29, 1.82) is 0 Å². The molecule has 0 aromatic heterocycles. The minimum atomic E-state index is -3.55. The molecule has 0 bridgehead atoms. The van der Waals surface area contributed by atoms with Crippen molar-refractivity contribution in [3.05, 3.63) is 54.1 Å². The number of anilines is 1. The van der Waals surface area contributed by atoms with E-state index in [1.165, 1.54) is 4.31 Å². The summed E-state index contributed by atoms with van der Waals surface area (Å²) in [6, 6.07) is 14.2. The molecule has 0 spiro atoms. The molecule has 1 heterocycles. The standard InChI is InChI=1S/C23H30N2O5S/c1-5-31(27,28)25-15-22(30-21-9-7-6-8-20(21)25)23(26)24-19(14-16(2)3)17-10-12-18(29-4)13-11-17/h6-13,16,19,22H,5,14-15H2,1-4H3,(H,24,26). The van der Waals surface area contributed by atoms with Gasteiger partial charge in [-0.15, -0.1) is 0 Å². The van der Waals surface area contributed by atoms with E-state index in [4.69, 9.17) is 9.47 Å². The van der Waals surface area contributed by atoms with Gasteiger partial charge in [0.05, 0.1) is 31.1 Å². The van der Waals surface area contributed by atoms with Gasteiger partial charge in [0.2, 0.25) is 10.0 Å². The van der Waals surface area contributed by atoms with E-state index >= 15 is 0 Å². The molecule has 3 rings (SSSR count). The highest BCUT2D eigenvalue weighted by atomic mass is 32.2. The number of carbonyl (C=O) groups excluding carboxylic acids is 1. The van der Waals surface area contributed by atoms with E-state index in [9.17, 15) is 13.2 Å². The summed E-state index contributed by atoms with van der Waals surface area (Å²) in [6.07, 6.45) is -0.206.